The predicted octanol–water partition coefficient (Wildman–Crippen LogP) is 2.82. The molecule has 1 aliphatic rings. The molecule has 5 nitrogen and oxygen atoms in total. The van der Waals surface area contributed by atoms with Crippen molar-refractivity contribution in [1.29, 1.82) is 0 Å². The first-order valence-corrected chi connectivity index (χ1v) is 9.20. The van der Waals surface area contributed by atoms with Crippen LogP contribution in [0.5, 0.6) is 0 Å². The van der Waals surface area contributed by atoms with Gasteiger partial charge in [0.25, 0.3) is 0 Å². The Balaban J connectivity index is 2.50. The summed E-state index contributed by atoms with van der Waals surface area (Å²) in [4.78, 5) is 10.5. The zero-order chi connectivity index (χ0) is 18.7. The fourth-order valence-corrected chi connectivity index (χ4v) is 3.19. The molecule has 0 radical (unpaired) electrons. The van der Waals surface area contributed by atoms with Crippen molar-refractivity contribution in [3.63, 3.8) is 0 Å². The maximum Gasteiger partial charge on any atom is 0.303 e. The quantitative estimate of drug-likeness (QED) is 0.339. The van der Waals surface area contributed by atoms with Crippen molar-refractivity contribution in [3.8, 4) is 0 Å². The van der Waals surface area contributed by atoms with Crippen LogP contribution < -0.4 is 0 Å². The lowest BCUT2D eigenvalue weighted by molar-refractivity contribution is -0.137. The second kappa shape index (κ2) is 12.0. The Morgan fingerprint density at radius 1 is 1.16 bits per heavy atom. The monoisotopic (exact) mass is 352 g/mol. The summed E-state index contributed by atoms with van der Waals surface area (Å²) in [5.74, 6) is -1.05. The van der Waals surface area contributed by atoms with Gasteiger partial charge in [0, 0.05) is 18.8 Å². The summed E-state index contributed by atoms with van der Waals surface area (Å²) in [7, 11) is 0. The van der Waals surface area contributed by atoms with E-state index in [-0.39, 0.29) is 18.3 Å². The minimum absolute atomic E-state index is 0.0830. The number of allylic oxidation sites excluding steroid dienone is 3. The maximum atomic E-state index is 10.5. The summed E-state index contributed by atoms with van der Waals surface area (Å²) in [5, 5.41) is 38.9. The average Bonchev–Trinajstić information content (AvgIpc) is 2.82. The van der Waals surface area contributed by atoms with E-state index in [1.54, 1.807) is 6.08 Å². The second-order valence-corrected chi connectivity index (χ2v) is 6.67. The molecular weight excluding hydrogens is 320 g/mol. The summed E-state index contributed by atoms with van der Waals surface area (Å²) < 4.78 is 0. The topological polar surface area (TPSA) is 98.0 Å². The van der Waals surface area contributed by atoms with Gasteiger partial charge in [-0.15, -0.1) is 0 Å². The molecule has 0 aromatic heterocycles. The number of aliphatic hydroxyl groups excluding tert-OH is 3. The Bertz CT molecular complexity index is 469. The molecule has 5 unspecified atom stereocenters. The van der Waals surface area contributed by atoms with Crippen molar-refractivity contribution < 1.29 is 25.2 Å². The molecular formula is C20H32O5. The van der Waals surface area contributed by atoms with Crippen LogP contribution in [-0.4, -0.2) is 44.7 Å². The molecule has 0 aromatic carbocycles. The van der Waals surface area contributed by atoms with E-state index < -0.39 is 24.3 Å². The number of aliphatic carboxylic acids is 1. The minimum atomic E-state index is -0.791. The van der Waals surface area contributed by atoms with Crippen molar-refractivity contribution in [2.24, 2.45) is 11.8 Å². The van der Waals surface area contributed by atoms with Gasteiger partial charge in [-0.3, -0.25) is 4.79 Å². The van der Waals surface area contributed by atoms with Gasteiger partial charge in [0.2, 0.25) is 0 Å². The van der Waals surface area contributed by atoms with Gasteiger partial charge < -0.3 is 20.4 Å². The van der Waals surface area contributed by atoms with E-state index in [2.05, 4.69) is 0 Å². The Hall–Kier alpha value is -1.43. The van der Waals surface area contributed by atoms with E-state index in [1.165, 1.54) is 0 Å². The van der Waals surface area contributed by atoms with Crippen molar-refractivity contribution in [1.82, 2.24) is 0 Å². The normalized spacial score (nSPS) is 28.5. The molecule has 0 spiro atoms. The van der Waals surface area contributed by atoms with Crippen LogP contribution in [0.3, 0.4) is 0 Å². The number of hydrogen-bond acceptors (Lipinski definition) is 4. The number of rotatable bonds is 11. The molecule has 25 heavy (non-hydrogen) atoms. The molecule has 1 saturated carbocycles. The zero-order valence-electron chi connectivity index (χ0n) is 15.0. The molecule has 0 aliphatic heterocycles. The van der Waals surface area contributed by atoms with E-state index in [9.17, 15) is 20.1 Å². The molecule has 5 heteroatoms. The lowest BCUT2D eigenvalue weighted by Crippen LogP contribution is -2.20. The van der Waals surface area contributed by atoms with Gasteiger partial charge in [0.15, 0.2) is 0 Å². The summed E-state index contributed by atoms with van der Waals surface area (Å²) >= 11 is 0. The maximum absolute atomic E-state index is 10.5. The second-order valence-electron chi connectivity index (χ2n) is 6.67. The molecule has 0 aromatic rings. The molecule has 0 bridgehead atoms. The van der Waals surface area contributed by atoms with Gasteiger partial charge in [-0.1, -0.05) is 43.4 Å². The molecule has 0 amide bonds. The van der Waals surface area contributed by atoms with Crippen molar-refractivity contribution >= 4 is 5.97 Å². The summed E-state index contributed by atoms with van der Waals surface area (Å²) in [6.45, 7) is 2.04. The Labute approximate surface area is 150 Å². The predicted molar refractivity (Wildman–Crippen MR) is 98.0 cm³/mol. The van der Waals surface area contributed by atoms with E-state index >= 15 is 0 Å². The molecule has 5 atom stereocenters. The summed E-state index contributed by atoms with van der Waals surface area (Å²) in [6.07, 6.45) is 13.5. The highest BCUT2D eigenvalue weighted by Crippen LogP contribution is 2.36. The van der Waals surface area contributed by atoms with Crippen LogP contribution in [0, 0.1) is 11.8 Å². The number of aliphatic hydroxyl groups is 3. The zero-order valence-corrected chi connectivity index (χ0v) is 15.0. The molecule has 1 fully saturated rings. The Morgan fingerprint density at radius 2 is 1.92 bits per heavy atom. The van der Waals surface area contributed by atoms with Crippen molar-refractivity contribution in [3.05, 3.63) is 36.5 Å². The van der Waals surface area contributed by atoms with Crippen molar-refractivity contribution in [2.45, 2.75) is 70.2 Å². The number of unbranched alkanes of at least 4 members (excludes halogenated alkanes) is 1. The van der Waals surface area contributed by atoms with E-state index in [4.69, 9.17) is 5.11 Å². The highest BCUT2D eigenvalue weighted by molar-refractivity contribution is 5.66. The smallest absolute Gasteiger partial charge is 0.303 e. The van der Waals surface area contributed by atoms with Gasteiger partial charge in [-0.05, 0) is 38.0 Å². The molecule has 0 saturated heterocycles. The van der Waals surface area contributed by atoms with Gasteiger partial charge in [0.05, 0.1) is 18.3 Å². The minimum Gasteiger partial charge on any atom is -0.481 e. The third-order valence-electron chi connectivity index (χ3n) is 4.59. The molecule has 0 heterocycles. The van der Waals surface area contributed by atoms with Crippen LogP contribution in [0.15, 0.2) is 36.5 Å². The third kappa shape index (κ3) is 8.47. The van der Waals surface area contributed by atoms with Crippen LogP contribution in [0.4, 0.5) is 0 Å². The average molecular weight is 352 g/mol. The fourth-order valence-electron chi connectivity index (χ4n) is 3.19. The van der Waals surface area contributed by atoms with Crippen molar-refractivity contribution in [2.75, 3.05) is 0 Å². The highest BCUT2D eigenvalue weighted by atomic mass is 16.4. The number of carbonyl (C=O) groups is 1. The lowest BCUT2D eigenvalue weighted by Gasteiger charge is -2.19. The first kappa shape index (κ1) is 21.6. The van der Waals surface area contributed by atoms with Crippen LogP contribution in [0.2, 0.25) is 0 Å². The first-order chi connectivity index (χ1) is 12.0. The molecule has 4 N–H and O–H groups in total. The van der Waals surface area contributed by atoms with E-state index in [0.29, 0.717) is 32.1 Å². The van der Waals surface area contributed by atoms with Crippen LogP contribution in [0.25, 0.3) is 0 Å². The number of carboxylic acids is 1. The highest BCUT2D eigenvalue weighted by Gasteiger charge is 2.39. The molecule has 1 rings (SSSR count). The van der Waals surface area contributed by atoms with E-state index in [0.717, 1.165) is 6.42 Å². The Morgan fingerprint density at radius 3 is 2.60 bits per heavy atom. The molecule has 142 valence electrons. The van der Waals surface area contributed by atoms with Gasteiger partial charge in [-0.2, -0.15) is 0 Å². The first-order valence-electron chi connectivity index (χ1n) is 9.20. The molecule has 1 aliphatic carbocycles. The number of carboxylic acid groups (broad SMARTS) is 1. The van der Waals surface area contributed by atoms with Crippen LogP contribution in [0.1, 0.15) is 51.9 Å². The standard InChI is InChI=1S/C20H32O5/c1-2-3-6-9-15(21)12-13-17-16(18(22)14-19(17)23)10-7-4-5-8-11-20(24)25/h3-4,6-7,12-13,15-19,21-23H,2,5,8-11,14H2,1H3,(H,24,25). The largest absolute Gasteiger partial charge is 0.481 e. The fraction of sp³-hybridized carbons (Fsp3) is 0.650. The SMILES string of the molecule is CCC=CCC(O)C=CC1C(O)CC(O)C1CC=CCCCC(=O)O. The summed E-state index contributed by atoms with van der Waals surface area (Å²) in [6, 6.07) is 0. The van der Waals surface area contributed by atoms with Gasteiger partial charge in [0.1, 0.15) is 0 Å². The van der Waals surface area contributed by atoms with Crippen LogP contribution in [-0.2, 0) is 4.79 Å². The number of hydrogen-bond donors (Lipinski definition) is 4. The third-order valence-corrected chi connectivity index (χ3v) is 4.59. The summed E-state index contributed by atoms with van der Waals surface area (Å²) in [5.41, 5.74) is 0. The van der Waals surface area contributed by atoms with E-state index in [1.807, 2.05) is 37.3 Å². The van der Waals surface area contributed by atoms with Crippen LogP contribution >= 0.6 is 0 Å². The lowest BCUT2D eigenvalue weighted by atomic mass is 9.89. The van der Waals surface area contributed by atoms with Gasteiger partial charge >= 0.3 is 5.97 Å². The Kier molecular flexibility index (Phi) is 10.4. The van der Waals surface area contributed by atoms with Gasteiger partial charge in [-0.25, -0.2) is 0 Å².